The molecule has 84 valence electrons. The molecule has 1 rings (SSSR count). The van der Waals surface area contributed by atoms with Crippen molar-refractivity contribution in [3.63, 3.8) is 0 Å². The van der Waals surface area contributed by atoms with Crippen LogP contribution < -0.4 is 4.72 Å². The van der Waals surface area contributed by atoms with E-state index in [2.05, 4.69) is 20.7 Å². The second-order valence-corrected chi connectivity index (χ2v) is 6.01. The standard InChI is InChI=1S/C10H14BrNO2S/c1-2-7-15(13,14)12-8-9-5-3-4-6-10(9)11/h3-6,12H,2,7-8H2,1H3. The number of hydrogen-bond donors (Lipinski definition) is 1. The van der Waals surface area contributed by atoms with Crippen molar-refractivity contribution < 1.29 is 8.42 Å². The molecule has 1 aromatic carbocycles. The molecule has 5 heteroatoms. The van der Waals surface area contributed by atoms with E-state index in [9.17, 15) is 8.42 Å². The minimum absolute atomic E-state index is 0.178. The number of halogens is 1. The van der Waals surface area contributed by atoms with Crippen LogP contribution >= 0.6 is 15.9 Å². The van der Waals surface area contributed by atoms with E-state index in [4.69, 9.17) is 0 Å². The lowest BCUT2D eigenvalue weighted by Gasteiger charge is -2.06. The molecule has 0 radical (unpaired) electrons. The predicted octanol–water partition coefficient (Wildman–Crippen LogP) is 2.28. The Morgan fingerprint density at radius 3 is 2.60 bits per heavy atom. The van der Waals surface area contributed by atoms with Gasteiger partial charge in [-0.15, -0.1) is 0 Å². The van der Waals surface area contributed by atoms with Crippen LogP contribution in [0.15, 0.2) is 28.7 Å². The number of nitrogens with one attached hydrogen (secondary N) is 1. The van der Waals surface area contributed by atoms with E-state index < -0.39 is 10.0 Å². The van der Waals surface area contributed by atoms with Gasteiger partial charge in [0.1, 0.15) is 0 Å². The average Bonchev–Trinajstić information content (AvgIpc) is 2.16. The Balaban J connectivity index is 2.62. The second-order valence-electron chi connectivity index (χ2n) is 3.23. The third-order valence-corrected chi connectivity index (χ3v) is 4.22. The van der Waals surface area contributed by atoms with Crippen molar-refractivity contribution >= 4 is 26.0 Å². The predicted molar refractivity (Wildman–Crippen MR) is 65.1 cm³/mol. The monoisotopic (exact) mass is 291 g/mol. The highest BCUT2D eigenvalue weighted by Crippen LogP contribution is 2.15. The number of sulfonamides is 1. The Labute approximate surface area is 99.1 Å². The van der Waals surface area contributed by atoms with Crippen LogP contribution in [-0.2, 0) is 16.6 Å². The van der Waals surface area contributed by atoms with Crippen LogP contribution in [0.2, 0.25) is 0 Å². The molecule has 0 spiro atoms. The largest absolute Gasteiger partial charge is 0.212 e. The van der Waals surface area contributed by atoms with Gasteiger partial charge in [-0.3, -0.25) is 0 Å². The summed E-state index contributed by atoms with van der Waals surface area (Å²) in [5, 5.41) is 0. The lowest BCUT2D eigenvalue weighted by atomic mass is 10.2. The van der Waals surface area contributed by atoms with Gasteiger partial charge in [0.2, 0.25) is 10.0 Å². The third kappa shape index (κ3) is 4.32. The third-order valence-electron chi connectivity index (χ3n) is 1.91. The first-order valence-corrected chi connectivity index (χ1v) is 7.20. The summed E-state index contributed by atoms with van der Waals surface area (Å²) in [4.78, 5) is 0. The van der Waals surface area contributed by atoms with Crippen molar-refractivity contribution in [1.29, 1.82) is 0 Å². The second kappa shape index (κ2) is 5.63. The normalized spacial score (nSPS) is 11.6. The van der Waals surface area contributed by atoms with Gasteiger partial charge in [-0.1, -0.05) is 41.1 Å². The fourth-order valence-corrected chi connectivity index (χ4v) is 2.65. The minimum atomic E-state index is -3.12. The fraction of sp³-hybridized carbons (Fsp3) is 0.400. The summed E-state index contributed by atoms with van der Waals surface area (Å²) in [6.07, 6.45) is 0.630. The number of rotatable bonds is 5. The highest BCUT2D eigenvalue weighted by atomic mass is 79.9. The molecular formula is C10H14BrNO2S. The quantitative estimate of drug-likeness (QED) is 0.905. The van der Waals surface area contributed by atoms with E-state index in [0.29, 0.717) is 13.0 Å². The highest BCUT2D eigenvalue weighted by molar-refractivity contribution is 9.10. The SMILES string of the molecule is CCCS(=O)(=O)NCc1ccccc1Br. The van der Waals surface area contributed by atoms with E-state index in [-0.39, 0.29) is 5.75 Å². The van der Waals surface area contributed by atoms with Gasteiger partial charge in [-0.05, 0) is 18.1 Å². The Morgan fingerprint density at radius 1 is 1.33 bits per heavy atom. The molecular weight excluding hydrogens is 278 g/mol. The Morgan fingerprint density at radius 2 is 2.00 bits per heavy atom. The van der Waals surface area contributed by atoms with Gasteiger partial charge in [0, 0.05) is 11.0 Å². The zero-order valence-corrected chi connectivity index (χ0v) is 10.9. The zero-order valence-electron chi connectivity index (χ0n) is 8.53. The van der Waals surface area contributed by atoms with Crippen molar-refractivity contribution in [2.75, 3.05) is 5.75 Å². The van der Waals surface area contributed by atoms with E-state index in [1.54, 1.807) is 0 Å². The van der Waals surface area contributed by atoms with Gasteiger partial charge < -0.3 is 0 Å². The highest BCUT2D eigenvalue weighted by Gasteiger charge is 2.08. The van der Waals surface area contributed by atoms with Crippen molar-refractivity contribution in [2.24, 2.45) is 0 Å². The van der Waals surface area contributed by atoms with Crippen molar-refractivity contribution in [1.82, 2.24) is 4.72 Å². The zero-order chi connectivity index (χ0) is 11.3. The molecule has 0 aliphatic heterocycles. The van der Waals surface area contributed by atoms with E-state index >= 15 is 0 Å². The summed E-state index contributed by atoms with van der Waals surface area (Å²) >= 11 is 3.37. The summed E-state index contributed by atoms with van der Waals surface area (Å²) in [5.74, 6) is 0.178. The molecule has 0 saturated heterocycles. The molecule has 1 aromatic rings. The topological polar surface area (TPSA) is 46.2 Å². The molecule has 15 heavy (non-hydrogen) atoms. The van der Waals surface area contributed by atoms with E-state index in [1.807, 2.05) is 31.2 Å². The van der Waals surface area contributed by atoms with Crippen LogP contribution in [0.5, 0.6) is 0 Å². The maximum atomic E-state index is 11.4. The van der Waals surface area contributed by atoms with Crippen molar-refractivity contribution in [3.8, 4) is 0 Å². The van der Waals surface area contributed by atoms with Crippen LogP contribution in [0, 0.1) is 0 Å². The molecule has 0 aliphatic rings. The molecule has 0 aliphatic carbocycles. The molecule has 0 amide bonds. The summed E-state index contributed by atoms with van der Waals surface area (Å²) in [6.45, 7) is 2.18. The lowest BCUT2D eigenvalue weighted by molar-refractivity contribution is 0.580. The van der Waals surface area contributed by atoms with Gasteiger partial charge in [0.05, 0.1) is 5.75 Å². The summed E-state index contributed by atoms with van der Waals surface area (Å²) < 4.78 is 26.3. The molecule has 0 fully saturated rings. The molecule has 0 heterocycles. The number of hydrogen-bond acceptors (Lipinski definition) is 2. The molecule has 0 aromatic heterocycles. The maximum Gasteiger partial charge on any atom is 0.211 e. The number of benzene rings is 1. The average molecular weight is 292 g/mol. The Hall–Kier alpha value is -0.390. The summed E-state index contributed by atoms with van der Waals surface area (Å²) in [6, 6.07) is 7.56. The van der Waals surface area contributed by atoms with Gasteiger partial charge >= 0.3 is 0 Å². The minimum Gasteiger partial charge on any atom is -0.212 e. The van der Waals surface area contributed by atoms with Gasteiger partial charge in [-0.2, -0.15) is 0 Å². The molecule has 0 bridgehead atoms. The van der Waals surface area contributed by atoms with E-state index in [1.165, 1.54) is 0 Å². The molecule has 3 nitrogen and oxygen atoms in total. The molecule has 1 N–H and O–H groups in total. The molecule has 0 atom stereocenters. The van der Waals surface area contributed by atoms with Crippen LogP contribution in [-0.4, -0.2) is 14.2 Å². The first-order chi connectivity index (χ1) is 7.05. The molecule has 0 unspecified atom stereocenters. The van der Waals surface area contributed by atoms with Crippen LogP contribution in [0.25, 0.3) is 0 Å². The first-order valence-electron chi connectivity index (χ1n) is 4.76. The van der Waals surface area contributed by atoms with Crippen molar-refractivity contribution in [2.45, 2.75) is 19.9 Å². The smallest absolute Gasteiger partial charge is 0.211 e. The van der Waals surface area contributed by atoms with E-state index in [0.717, 1.165) is 10.0 Å². The lowest BCUT2D eigenvalue weighted by Crippen LogP contribution is -2.25. The van der Waals surface area contributed by atoms with Crippen molar-refractivity contribution in [3.05, 3.63) is 34.3 Å². The summed E-state index contributed by atoms with van der Waals surface area (Å²) in [5.41, 5.74) is 0.942. The summed E-state index contributed by atoms with van der Waals surface area (Å²) in [7, 11) is -3.12. The van der Waals surface area contributed by atoms with Crippen LogP contribution in [0.4, 0.5) is 0 Å². The molecule has 0 saturated carbocycles. The first kappa shape index (κ1) is 12.7. The van der Waals surface area contributed by atoms with Crippen LogP contribution in [0.3, 0.4) is 0 Å². The van der Waals surface area contributed by atoms with Gasteiger partial charge in [-0.25, -0.2) is 13.1 Å². The Bertz CT molecular complexity index is 417. The van der Waals surface area contributed by atoms with Gasteiger partial charge in [0.25, 0.3) is 0 Å². The van der Waals surface area contributed by atoms with Crippen LogP contribution in [0.1, 0.15) is 18.9 Å². The van der Waals surface area contributed by atoms with Gasteiger partial charge in [0.15, 0.2) is 0 Å². The fourth-order valence-electron chi connectivity index (χ4n) is 1.17. The Kier molecular flexibility index (Phi) is 4.76. The maximum absolute atomic E-state index is 11.4.